The first-order chi connectivity index (χ1) is 12.6. The van der Waals surface area contributed by atoms with E-state index in [1.54, 1.807) is 0 Å². The fourth-order valence-electron chi connectivity index (χ4n) is 2.80. The molecule has 5 nitrogen and oxygen atoms in total. The summed E-state index contributed by atoms with van der Waals surface area (Å²) < 4.78 is 11.9. The van der Waals surface area contributed by atoms with Crippen molar-refractivity contribution in [2.75, 3.05) is 0 Å². The molecule has 0 aliphatic carbocycles. The number of amides is 1. The number of hydrogen-bond donors (Lipinski definition) is 1. The summed E-state index contributed by atoms with van der Waals surface area (Å²) in [6, 6.07) is 17.2. The number of carbonyl (C=O) groups is 1. The SMILES string of the molecule is Cc1c(C(=O)NCc2cc(-c3ccccc3)no2)oc2ccc(Br)cc12. The molecule has 0 aliphatic rings. The van der Waals surface area contributed by atoms with E-state index < -0.39 is 0 Å². The van der Waals surface area contributed by atoms with Crippen molar-refractivity contribution < 1.29 is 13.7 Å². The molecular weight excluding hydrogens is 396 g/mol. The zero-order valence-corrected chi connectivity index (χ0v) is 15.5. The van der Waals surface area contributed by atoms with E-state index in [2.05, 4.69) is 26.4 Å². The van der Waals surface area contributed by atoms with Gasteiger partial charge >= 0.3 is 0 Å². The van der Waals surface area contributed by atoms with Gasteiger partial charge in [0.25, 0.3) is 5.91 Å². The second-order valence-electron chi connectivity index (χ2n) is 5.92. The number of fused-ring (bicyclic) bond motifs is 1. The van der Waals surface area contributed by atoms with E-state index in [0.29, 0.717) is 17.1 Å². The van der Waals surface area contributed by atoms with Gasteiger partial charge in [-0.25, -0.2) is 0 Å². The summed E-state index contributed by atoms with van der Waals surface area (Å²) in [5, 5.41) is 7.78. The molecule has 0 radical (unpaired) electrons. The van der Waals surface area contributed by atoms with Gasteiger partial charge in [0, 0.05) is 27.1 Å². The lowest BCUT2D eigenvalue weighted by molar-refractivity contribution is 0.0920. The summed E-state index contributed by atoms with van der Waals surface area (Å²) in [6.07, 6.45) is 0. The smallest absolute Gasteiger partial charge is 0.287 e. The van der Waals surface area contributed by atoms with Gasteiger partial charge in [0.05, 0.1) is 6.54 Å². The van der Waals surface area contributed by atoms with E-state index in [4.69, 9.17) is 8.94 Å². The number of carbonyl (C=O) groups excluding carboxylic acids is 1. The van der Waals surface area contributed by atoms with Crippen molar-refractivity contribution in [3.05, 3.63) is 76.2 Å². The lowest BCUT2D eigenvalue weighted by Gasteiger charge is -2.00. The van der Waals surface area contributed by atoms with Crippen molar-refractivity contribution in [3.8, 4) is 11.3 Å². The normalized spacial score (nSPS) is 11.0. The summed E-state index contributed by atoms with van der Waals surface area (Å²) in [7, 11) is 0. The van der Waals surface area contributed by atoms with Crippen molar-refractivity contribution >= 4 is 32.8 Å². The quantitative estimate of drug-likeness (QED) is 0.508. The number of aromatic nitrogens is 1. The van der Waals surface area contributed by atoms with Crippen LogP contribution < -0.4 is 5.32 Å². The molecule has 26 heavy (non-hydrogen) atoms. The first kappa shape index (κ1) is 16.6. The number of aryl methyl sites for hydroxylation is 1. The van der Waals surface area contributed by atoms with Gasteiger partial charge in [0.2, 0.25) is 0 Å². The van der Waals surface area contributed by atoms with E-state index in [-0.39, 0.29) is 12.5 Å². The van der Waals surface area contributed by atoms with Crippen LogP contribution in [0.15, 0.2) is 68.0 Å². The van der Waals surface area contributed by atoms with Crippen molar-refractivity contribution in [3.63, 3.8) is 0 Å². The zero-order chi connectivity index (χ0) is 18.1. The molecule has 2 aromatic carbocycles. The molecule has 0 spiro atoms. The number of hydrogen-bond acceptors (Lipinski definition) is 4. The van der Waals surface area contributed by atoms with Crippen LogP contribution in [0.1, 0.15) is 21.9 Å². The molecule has 0 saturated carbocycles. The van der Waals surface area contributed by atoms with Crippen LogP contribution in [0.4, 0.5) is 0 Å². The summed E-state index contributed by atoms with van der Waals surface area (Å²) >= 11 is 3.43. The number of halogens is 1. The van der Waals surface area contributed by atoms with Gasteiger partial charge in [0.15, 0.2) is 11.5 Å². The molecule has 6 heteroatoms. The van der Waals surface area contributed by atoms with Gasteiger partial charge < -0.3 is 14.3 Å². The molecule has 0 saturated heterocycles. The van der Waals surface area contributed by atoms with E-state index in [0.717, 1.165) is 26.7 Å². The molecule has 4 aromatic rings. The van der Waals surface area contributed by atoms with Crippen LogP contribution in [0.25, 0.3) is 22.2 Å². The lowest BCUT2D eigenvalue weighted by Crippen LogP contribution is -2.22. The number of nitrogens with one attached hydrogen (secondary N) is 1. The van der Waals surface area contributed by atoms with Gasteiger partial charge in [-0.3, -0.25) is 4.79 Å². The molecule has 4 rings (SSSR count). The summed E-state index contributed by atoms with van der Waals surface area (Å²) in [4.78, 5) is 12.5. The highest BCUT2D eigenvalue weighted by molar-refractivity contribution is 9.10. The van der Waals surface area contributed by atoms with Crippen LogP contribution in [0.3, 0.4) is 0 Å². The Morgan fingerprint density at radius 3 is 2.77 bits per heavy atom. The first-order valence-electron chi connectivity index (χ1n) is 8.09. The lowest BCUT2D eigenvalue weighted by atomic mass is 10.1. The maximum Gasteiger partial charge on any atom is 0.287 e. The standard InChI is InChI=1S/C20H15BrN2O3/c1-12-16-9-14(21)7-8-18(16)25-19(12)20(24)22-11-15-10-17(23-26-15)13-5-3-2-4-6-13/h2-10H,11H2,1H3,(H,22,24). The van der Waals surface area contributed by atoms with Crippen LogP contribution in [-0.2, 0) is 6.54 Å². The highest BCUT2D eigenvalue weighted by Crippen LogP contribution is 2.28. The Kier molecular flexibility index (Phi) is 4.34. The monoisotopic (exact) mass is 410 g/mol. The molecular formula is C20H15BrN2O3. The molecule has 0 unspecified atom stereocenters. The third kappa shape index (κ3) is 3.15. The molecule has 0 bridgehead atoms. The number of rotatable bonds is 4. The third-order valence-electron chi connectivity index (χ3n) is 4.16. The topological polar surface area (TPSA) is 68.3 Å². The van der Waals surface area contributed by atoms with E-state index in [1.807, 2.05) is 61.5 Å². The average molecular weight is 411 g/mol. The van der Waals surface area contributed by atoms with Gasteiger partial charge in [-0.15, -0.1) is 0 Å². The molecule has 2 heterocycles. The molecule has 1 N–H and O–H groups in total. The zero-order valence-electron chi connectivity index (χ0n) is 14.0. The van der Waals surface area contributed by atoms with Crippen LogP contribution in [0.5, 0.6) is 0 Å². The summed E-state index contributed by atoms with van der Waals surface area (Å²) in [5.41, 5.74) is 3.19. The third-order valence-corrected chi connectivity index (χ3v) is 4.65. The number of benzene rings is 2. The Labute approximate surface area is 158 Å². The minimum atomic E-state index is -0.285. The minimum absolute atomic E-state index is 0.235. The maximum atomic E-state index is 12.5. The van der Waals surface area contributed by atoms with Gasteiger partial charge in [-0.1, -0.05) is 51.4 Å². The molecule has 0 atom stereocenters. The Bertz CT molecular complexity index is 1080. The van der Waals surface area contributed by atoms with Crippen LogP contribution >= 0.6 is 15.9 Å². The molecule has 0 fully saturated rings. The molecule has 1 amide bonds. The van der Waals surface area contributed by atoms with Gasteiger partial charge in [-0.05, 0) is 25.1 Å². The summed E-state index contributed by atoms with van der Waals surface area (Å²) in [5.74, 6) is 0.599. The van der Waals surface area contributed by atoms with E-state index in [1.165, 1.54) is 0 Å². The number of furan rings is 1. The first-order valence-corrected chi connectivity index (χ1v) is 8.89. The van der Waals surface area contributed by atoms with Crippen molar-refractivity contribution in [1.82, 2.24) is 10.5 Å². The summed E-state index contributed by atoms with van der Waals surface area (Å²) in [6.45, 7) is 2.11. The fraction of sp³-hybridized carbons (Fsp3) is 0.100. The Hall–Kier alpha value is -2.86. The van der Waals surface area contributed by atoms with Crippen LogP contribution in [-0.4, -0.2) is 11.1 Å². The highest BCUT2D eigenvalue weighted by Gasteiger charge is 2.18. The fourth-order valence-corrected chi connectivity index (χ4v) is 3.16. The predicted octanol–water partition coefficient (Wildman–Crippen LogP) is 5.09. The van der Waals surface area contributed by atoms with E-state index in [9.17, 15) is 4.79 Å². The van der Waals surface area contributed by atoms with Crippen molar-refractivity contribution in [1.29, 1.82) is 0 Å². The molecule has 130 valence electrons. The Morgan fingerprint density at radius 2 is 1.96 bits per heavy atom. The molecule has 2 aromatic heterocycles. The van der Waals surface area contributed by atoms with Crippen molar-refractivity contribution in [2.24, 2.45) is 0 Å². The van der Waals surface area contributed by atoms with E-state index >= 15 is 0 Å². The van der Waals surface area contributed by atoms with Crippen molar-refractivity contribution in [2.45, 2.75) is 13.5 Å². The molecule has 0 aliphatic heterocycles. The van der Waals surface area contributed by atoms with Gasteiger partial charge in [0.1, 0.15) is 11.3 Å². The van der Waals surface area contributed by atoms with Gasteiger partial charge in [-0.2, -0.15) is 0 Å². The Morgan fingerprint density at radius 1 is 1.15 bits per heavy atom. The van der Waals surface area contributed by atoms with Crippen LogP contribution in [0, 0.1) is 6.92 Å². The number of nitrogens with zero attached hydrogens (tertiary/aromatic N) is 1. The average Bonchev–Trinajstić information content (AvgIpc) is 3.26. The highest BCUT2D eigenvalue weighted by atomic mass is 79.9. The second-order valence-corrected chi connectivity index (χ2v) is 6.84. The maximum absolute atomic E-state index is 12.5. The largest absolute Gasteiger partial charge is 0.451 e. The van der Waals surface area contributed by atoms with Crippen LogP contribution in [0.2, 0.25) is 0 Å². The predicted molar refractivity (Wildman–Crippen MR) is 102 cm³/mol. The second kappa shape index (κ2) is 6.80. The Balaban J connectivity index is 1.49. The minimum Gasteiger partial charge on any atom is -0.451 e.